The van der Waals surface area contributed by atoms with Crippen LogP contribution in [0, 0.1) is 6.92 Å². The molecule has 2 amide bonds. The van der Waals surface area contributed by atoms with Crippen molar-refractivity contribution in [3.05, 3.63) is 35.7 Å². The second-order valence-corrected chi connectivity index (χ2v) is 7.27. The minimum Gasteiger partial charge on any atom is -0.354 e. The Morgan fingerprint density at radius 3 is 2.96 bits per heavy atom. The highest BCUT2D eigenvalue weighted by Gasteiger charge is 2.22. The first kappa shape index (κ1) is 18.4. The van der Waals surface area contributed by atoms with Gasteiger partial charge in [-0.25, -0.2) is 0 Å². The van der Waals surface area contributed by atoms with Crippen molar-refractivity contribution in [2.45, 2.75) is 38.0 Å². The van der Waals surface area contributed by atoms with E-state index in [1.54, 1.807) is 0 Å². The average Bonchev–Trinajstić information content (AvgIpc) is 3.00. The van der Waals surface area contributed by atoms with Gasteiger partial charge in [0.25, 0.3) is 5.89 Å². The number of thioether (sulfide) groups is 1. The third-order valence-electron chi connectivity index (χ3n) is 4.10. The molecule has 1 aromatic heterocycles. The number of aromatic nitrogens is 2. The SMILES string of the molecule is Cc1ccc(-c2nc(CSCC(=O)N[C@@H]3CCCCNC3=O)no2)cc1. The molecule has 3 rings (SSSR count). The van der Waals surface area contributed by atoms with Gasteiger partial charge in [0.05, 0.1) is 11.5 Å². The molecule has 1 aromatic carbocycles. The number of hydrogen-bond acceptors (Lipinski definition) is 6. The van der Waals surface area contributed by atoms with Crippen molar-refractivity contribution in [1.82, 2.24) is 20.8 Å². The molecule has 0 radical (unpaired) electrons. The Balaban J connectivity index is 1.45. The Morgan fingerprint density at radius 1 is 1.35 bits per heavy atom. The summed E-state index contributed by atoms with van der Waals surface area (Å²) in [5, 5.41) is 9.56. The van der Waals surface area contributed by atoms with Gasteiger partial charge in [0.15, 0.2) is 5.82 Å². The maximum absolute atomic E-state index is 12.0. The Morgan fingerprint density at radius 2 is 2.15 bits per heavy atom. The lowest BCUT2D eigenvalue weighted by Gasteiger charge is -2.14. The third-order valence-corrected chi connectivity index (χ3v) is 5.03. The lowest BCUT2D eigenvalue weighted by Crippen LogP contribution is -2.46. The lowest BCUT2D eigenvalue weighted by atomic mass is 10.1. The molecular weight excluding hydrogens is 352 g/mol. The molecule has 2 N–H and O–H groups in total. The van der Waals surface area contributed by atoms with Gasteiger partial charge in [-0.05, 0) is 38.3 Å². The summed E-state index contributed by atoms with van der Waals surface area (Å²) in [6.07, 6.45) is 2.57. The van der Waals surface area contributed by atoms with E-state index in [2.05, 4.69) is 20.8 Å². The van der Waals surface area contributed by atoms with Crippen LogP contribution in [-0.4, -0.2) is 40.3 Å². The molecule has 1 aliphatic heterocycles. The number of benzene rings is 1. The summed E-state index contributed by atoms with van der Waals surface area (Å²) < 4.78 is 5.27. The second kappa shape index (κ2) is 8.84. The molecule has 0 bridgehead atoms. The number of aryl methyl sites for hydroxylation is 1. The summed E-state index contributed by atoms with van der Waals surface area (Å²) in [6, 6.07) is 7.42. The van der Waals surface area contributed by atoms with Gasteiger partial charge in [-0.2, -0.15) is 4.98 Å². The highest BCUT2D eigenvalue weighted by Crippen LogP contribution is 2.19. The van der Waals surface area contributed by atoms with Crippen molar-refractivity contribution >= 4 is 23.6 Å². The van der Waals surface area contributed by atoms with Crippen molar-refractivity contribution < 1.29 is 14.1 Å². The fraction of sp³-hybridized carbons (Fsp3) is 0.444. The molecule has 0 saturated carbocycles. The molecule has 8 heteroatoms. The van der Waals surface area contributed by atoms with Crippen LogP contribution in [0.5, 0.6) is 0 Å². The molecular formula is C18H22N4O3S. The maximum Gasteiger partial charge on any atom is 0.257 e. The zero-order chi connectivity index (χ0) is 18.4. The van der Waals surface area contributed by atoms with Gasteiger partial charge in [0, 0.05) is 12.1 Å². The molecule has 1 aliphatic rings. The van der Waals surface area contributed by atoms with E-state index in [1.807, 2.05) is 31.2 Å². The lowest BCUT2D eigenvalue weighted by molar-refractivity contribution is -0.127. The van der Waals surface area contributed by atoms with Crippen LogP contribution in [0.25, 0.3) is 11.5 Å². The normalized spacial score (nSPS) is 17.4. The second-order valence-electron chi connectivity index (χ2n) is 6.28. The highest BCUT2D eigenvalue weighted by molar-refractivity contribution is 7.99. The zero-order valence-corrected chi connectivity index (χ0v) is 15.5. The van der Waals surface area contributed by atoms with Crippen LogP contribution in [0.2, 0.25) is 0 Å². The number of rotatable bonds is 6. The van der Waals surface area contributed by atoms with Crippen molar-refractivity contribution in [2.24, 2.45) is 0 Å². The number of nitrogens with one attached hydrogen (secondary N) is 2. The maximum atomic E-state index is 12.0. The summed E-state index contributed by atoms with van der Waals surface area (Å²) in [6.45, 7) is 2.70. The zero-order valence-electron chi connectivity index (χ0n) is 14.7. The minimum absolute atomic E-state index is 0.0956. The monoisotopic (exact) mass is 374 g/mol. The minimum atomic E-state index is -0.427. The highest BCUT2D eigenvalue weighted by atomic mass is 32.2. The van der Waals surface area contributed by atoms with Gasteiger partial charge in [-0.15, -0.1) is 11.8 Å². The first-order valence-electron chi connectivity index (χ1n) is 8.66. The Kier molecular flexibility index (Phi) is 6.27. The van der Waals surface area contributed by atoms with E-state index in [0.717, 1.165) is 24.0 Å². The van der Waals surface area contributed by atoms with E-state index < -0.39 is 6.04 Å². The molecule has 0 unspecified atom stereocenters. The number of hydrogen-bond donors (Lipinski definition) is 2. The molecule has 2 heterocycles. The van der Waals surface area contributed by atoms with Crippen molar-refractivity contribution in [3.8, 4) is 11.5 Å². The first-order chi connectivity index (χ1) is 12.6. The van der Waals surface area contributed by atoms with E-state index in [0.29, 0.717) is 30.4 Å². The van der Waals surface area contributed by atoms with Gasteiger partial charge in [-0.3, -0.25) is 9.59 Å². The fourth-order valence-corrected chi connectivity index (χ4v) is 3.34. The molecule has 2 aromatic rings. The van der Waals surface area contributed by atoms with E-state index in [-0.39, 0.29) is 17.6 Å². The van der Waals surface area contributed by atoms with E-state index in [4.69, 9.17) is 4.52 Å². The van der Waals surface area contributed by atoms with Crippen LogP contribution in [0.1, 0.15) is 30.7 Å². The number of carbonyl (C=O) groups excluding carboxylic acids is 2. The smallest absolute Gasteiger partial charge is 0.257 e. The quantitative estimate of drug-likeness (QED) is 0.803. The van der Waals surface area contributed by atoms with E-state index in [9.17, 15) is 9.59 Å². The van der Waals surface area contributed by atoms with Crippen LogP contribution in [-0.2, 0) is 15.3 Å². The molecule has 1 saturated heterocycles. The van der Waals surface area contributed by atoms with E-state index >= 15 is 0 Å². The van der Waals surface area contributed by atoms with Crippen molar-refractivity contribution in [3.63, 3.8) is 0 Å². The summed E-state index contributed by atoms with van der Waals surface area (Å²) in [4.78, 5) is 28.2. The predicted octanol–water partition coefficient (Wildman–Crippen LogP) is 2.06. The number of nitrogens with zero attached hydrogens (tertiary/aromatic N) is 2. The number of carbonyl (C=O) groups is 2. The summed E-state index contributed by atoms with van der Waals surface area (Å²) in [7, 11) is 0. The predicted molar refractivity (Wildman–Crippen MR) is 99.4 cm³/mol. The van der Waals surface area contributed by atoms with Crippen molar-refractivity contribution in [1.29, 1.82) is 0 Å². The molecule has 138 valence electrons. The topological polar surface area (TPSA) is 97.1 Å². The largest absolute Gasteiger partial charge is 0.354 e. The van der Waals surface area contributed by atoms with Gasteiger partial charge in [0.1, 0.15) is 6.04 Å². The first-order valence-corrected chi connectivity index (χ1v) is 9.82. The number of amides is 2. The third kappa shape index (κ3) is 5.08. The van der Waals surface area contributed by atoms with Crippen LogP contribution in [0.4, 0.5) is 0 Å². The van der Waals surface area contributed by atoms with Crippen LogP contribution in [0.3, 0.4) is 0 Å². The van der Waals surface area contributed by atoms with Gasteiger partial charge in [-0.1, -0.05) is 22.9 Å². The molecule has 0 aliphatic carbocycles. The summed E-state index contributed by atoms with van der Waals surface area (Å²) in [5.41, 5.74) is 2.04. The van der Waals surface area contributed by atoms with Gasteiger partial charge in [0.2, 0.25) is 11.8 Å². The van der Waals surface area contributed by atoms with Gasteiger partial charge >= 0.3 is 0 Å². The fourth-order valence-electron chi connectivity index (χ4n) is 2.67. The molecule has 1 atom stereocenters. The van der Waals surface area contributed by atoms with Crippen LogP contribution >= 0.6 is 11.8 Å². The van der Waals surface area contributed by atoms with Crippen LogP contribution in [0.15, 0.2) is 28.8 Å². The Hall–Kier alpha value is -2.35. The molecule has 7 nitrogen and oxygen atoms in total. The molecule has 1 fully saturated rings. The summed E-state index contributed by atoms with van der Waals surface area (Å²) >= 11 is 1.39. The Labute approximate surface area is 156 Å². The molecule has 26 heavy (non-hydrogen) atoms. The van der Waals surface area contributed by atoms with E-state index in [1.165, 1.54) is 11.8 Å². The van der Waals surface area contributed by atoms with Crippen LogP contribution < -0.4 is 10.6 Å². The summed E-state index contributed by atoms with van der Waals surface area (Å²) in [5.74, 6) is 1.49. The Bertz CT molecular complexity index is 760. The van der Waals surface area contributed by atoms with Crippen molar-refractivity contribution in [2.75, 3.05) is 12.3 Å². The van der Waals surface area contributed by atoms with Gasteiger partial charge < -0.3 is 15.2 Å². The average molecular weight is 374 g/mol. The molecule has 0 spiro atoms. The standard InChI is InChI=1S/C18H22N4O3S/c1-12-5-7-13(8-6-12)18-21-15(22-25-18)10-26-11-16(23)20-14-4-2-3-9-19-17(14)24/h5-8,14H,2-4,9-11H2,1H3,(H,19,24)(H,20,23)/t14-/m1/s1.